The monoisotopic (exact) mass is 532 g/mol. The van der Waals surface area contributed by atoms with Gasteiger partial charge in [0.05, 0.1) is 35.4 Å². The number of carbonyl (C=O) groups is 1. The fraction of sp³-hybridized carbons (Fsp3) is 0.296. The number of halogens is 3. The summed E-state index contributed by atoms with van der Waals surface area (Å²) in [5, 5.41) is 1.43. The van der Waals surface area contributed by atoms with Gasteiger partial charge in [-0.2, -0.15) is 0 Å². The third kappa shape index (κ3) is 6.69. The molecular weight excluding hydrogens is 507 g/mol. The molecule has 0 aliphatic carbocycles. The third-order valence-corrected chi connectivity index (χ3v) is 6.97. The van der Waals surface area contributed by atoms with Gasteiger partial charge in [-0.3, -0.25) is 9.69 Å². The molecule has 0 spiro atoms. The minimum Gasteiger partial charge on any atom is -0.497 e. The van der Waals surface area contributed by atoms with E-state index in [9.17, 15) is 4.79 Å². The van der Waals surface area contributed by atoms with Crippen molar-refractivity contribution < 1.29 is 14.3 Å². The van der Waals surface area contributed by atoms with E-state index in [2.05, 4.69) is 4.90 Å². The Morgan fingerprint density at radius 2 is 1.57 bits per heavy atom. The molecule has 3 aromatic carbocycles. The van der Waals surface area contributed by atoms with E-state index < -0.39 is 0 Å². The second-order valence-electron chi connectivity index (χ2n) is 8.39. The van der Waals surface area contributed by atoms with Crippen molar-refractivity contribution in [1.29, 1.82) is 0 Å². The van der Waals surface area contributed by atoms with Gasteiger partial charge in [0, 0.05) is 37.7 Å². The highest BCUT2D eigenvalue weighted by Gasteiger charge is 2.27. The maximum atomic E-state index is 13.0. The molecule has 1 heterocycles. The zero-order valence-electron chi connectivity index (χ0n) is 19.4. The quantitative estimate of drug-likeness (QED) is 0.337. The molecule has 0 aromatic heterocycles. The summed E-state index contributed by atoms with van der Waals surface area (Å²) in [7, 11) is 1.65. The van der Waals surface area contributed by atoms with E-state index in [1.807, 2.05) is 48.5 Å². The van der Waals surface area contributed by atoms with Crippen LogP contribution in [0.5, 0.6) is 5.75 Å². The molecule has 0 N–H and O–H groups in total. The zero-order valence-corrected chi connectivity index (χ0v) is 21.7. The van der Waals surface area contributed by atoms with Crippen LogP contribution in [0, 0.1) is 0 Å². The number of hydrogen-bond acceptors (Lipinski definition) is 4. The number of piperazine rings is 1. The number of hydrogen-bond donors (Lipinski definition) is 0. The van der Waals surface area contributed by atoms with Gasteiger partial charge in [0.2, 0.25) is 0 Å². The van der Waals surface area contributed by atoms with Gasteiger partial charge in [0.25, 0.3) is 5.91 Å². The summed E-state index contributed by atoms with van der Waals surface area (Å²) in [5.41, 5.74) is 2.46. The number of methoxy groups -OCH3 is 1. The van der Waals surface area contributed by atoms with E-state index in [0.29, 0.717) is 46.9 Å². The lowest BCUT2D eigenvalue weighted by molar-refractivity contribution is 0.00338. The standard InChI is InChI=1S/C27H27Cl3N2O3/c1-34-22-5-2-4-19(16-22)18-35-25(20-8-10-21(28)11-9-20)17-31-12-14-32(15-13-31)27(33)26-23(29)6-3-7-24(26)30/h2-11,16,25H,12-15,17-18H2,1H3/t25-/m0/s1. The first-order chi connectivity index (χ1) is 16.9. The molecule has 1 fully saturated rings. The fourth-order valence-corrected chi connectivity index (χ4v) is 4.80. The lowest BCUT2D eigenvalue weighted by Crippen LogP contribution is -2.49. The molecule has 0 unspecified atom stereocenters. The van der Waals surface area contributed by atoms with Crippen LogP contribution in [0.2, 0.25) is 15.1 Å². The molecule has 0 saturated carbocycles. The van der Waals surface area contributed by atoms with Crippen LogP contribution in [-0.4, -0.2) is 55.5 Å². The summed E-state index contributed by atoms with van der Waals surface area (Å²) < 4.78 is 11.7. The molecule has 1 amide bonds. The van der Waals surface area contributed by atoms with Crippen molar-refractivity contribution in [3.05, 3.63) is 98.5 Å². The Hall–Kier alpha value is -2.28. The molecule has 184 valence electrons. The first kappa shape index (κ1) is 25.8. The van der Waals surface area contributed by atoms with Gasteiger partial charge in [0.15, 0.2) is 0 Å². The topological polar surface area (TPSA) is 42.0 Å². The predicted octanol–water partition coefficient (Wildman–Crippen LogP) is 6.37. The van der Waals surface area contributed by atoms with Crippen molar-refractivity contribution in [2.24, 2.45) is 0 Å². The van der Waals surface area contributed by atoms with Gasteiger partial charge >= 0.3 is 0 Å². The van der Waals surface area contributed by atoms with Crippen LogP contribution in [0.25, 0.3) is 0 Å². The molecule has 1 aliphatic heterocycles. The summed E-state index contributed by atoms with van der Waals surface area (Å²) in [5.74, 6) is 0.664. The first-order valence-corrected chi connectivity index (χ1v) is 12.5. The second kappa shape index (κ2) is 12.1. The maximum absolute atomic E-state index is 13.0. The molecule has 1 saturated heterocycles. The molecular formula is C27H27Cl3N2O3. The van der Waals surface area contributed by atoms with E-state index in [4.69, 9.17) is 44.3 Å². The smallest absolute Gasteiger partial charge is 0.256 e. The van der Waals surface area contributed by atoms with Crippen LogP contribution in [0.3, 0.4) is 0 Å². The predicted molar refractivity (Wildman–Crippen MR) is 141 cm³/mol. The Kier molecular flexibility index (Phi) is 8.93. The van der Waals surface area contributed by atoms with Crippen LogP contribution < -0.4 is 4.74 Å². The molecule has 1 atom stereocenters. The van der Waals surface area contributed by atoms with Crippen LogP contribution >= 0.6 is 34.8 Å². The van der Waals surface area contributed by atoms with Gasteiger partial charge in [-0.1, -0.05) is 65.1 Å². The number of benzene rings is 3. The lowest BCUT2D eigenvalue weighted by Gasteiger charge is -2.36. The van der Waals surface area contributed by atoms with E-state index >= 15 is 0 Å². The van der Waals surface area contributed by atoms with Crippen molar-refractivity contribution in [3.63, 3.8) is 0 Å². The summed E-state index contributed by atoms with van der Waals surface area (Å²) >= 11 is 18.6. The Labute approximate surface area is 221 Å². The number of carbonyl (C=O) groups excluding carboxylic acids is 1. The Balaban J connectivity index is 1.41. The van der Waals surface area contributed by atoms with Crippen LogP contribution in [0.1, 0.15) is 27.6 Å². The highest BCUT2D eigenvalue weighted by atomic mass is 35.5. The van der Waals surface area contributed by atoms with Crippen molar-refractivity contribution in [2.45, 2.75) is 12.7 Å². The van der Waals surface area contributed by atoms with Crippen molar-refractivity contribution in [1.82, 2.24) is 9.80 Å². The number of rotatable bonds is 8. The summed E-state index contributed by atoms with van der Waals surface area (Å²) in [6.45, 7) is 3.77. The normalized spacial score (nSPS) is 15.1. The molecule has 5 nitrogen and oxygen atoms in total. The van der Waals surface area contributed by atoms with Gasteiger partial charge in [-0.05, 0) is 47.5 Å². The first-order valence-electron chi connectivity index (χ1n) is 11.4. The average molecular weight is 534 g/mol. The van der Waals surface area contributed by atoms with Crippen molar-refractivity contribution >= 4 is 40.7 Å². The minimum atomic E-state index is -0.154. The highest BCUT2D eigenvalue weighted by molar-refractivity contribution is 6.39. The molecule has 0 radical (unpaired) electrons. The average Bonchev–Trinajstić information content (AvgIpc) is 2.87. The van der Waals surface area contributed by atoms with E-state index in [1.165, 1.54) is 0 Å². The lowest BCUT2D eigenvalue weighted by atomic mass is 10.1. The van der Waals surface area contributed by atoms with Crippen molar-refractivity contribution in [3.8, 4) is 5.75 Å². The molecule has 4 rings (SSSR count). The number of nitrogens with zero attached hydrogens (tertiary/aromatic N) is 2. The highest BCUT2D eigenvalue weighted by Crippen LogP contribution is 2.27. The van der Waals surface area contributed by atoms with Gasteiger partial charge in [0.1, 0.15) is 5.75 Å². The Bertz CT molecular complexity index is 1130. The van der Waals surface area contributed by atoms with Crippen LogP contribution in [-0.2, 0) is 11.3 Å². The Morgan fingerprint density at radius 1 is 0.914 bits per heavy atom. The van der Waals surface area contributed by atoms with Crippen LogP contribution in [0.15, 0.2) is 66.7 Å². The van der Waals surface area contributed by atoms with Gasteiger partial charge in [-0.15, -0.1) is 0 Å². The molecule has 3 aromatic rings. The van der Waals surface area contributed by atoms with Crippen molar-refractivity contribution in [2.75, 3.05) is 39.8 Å². The largest absolute Gasteiger partial charge is 0.497 e. The summed E-state index contributed by atoms with van der Waals surface area (Å²) in [6.07, 6.45) is -0.154. The van der Waals surface area contributed by atoms with E-state index in [0.717, 1.165) is 30.0 Å². The number of ether oxygens (including phenoxy) is 2. The number of amides is 1. The van der Waals surface area contributed by atoms with E-state index in [1.54, 1.807) is 30.2 Å². The summed E-state index contributed by atoms with van der Waals surface area (Å²) in [6, 6.07) is 20.7. The molecule has 0 bridgehead atoms. The maximum Gasteiger partial charge on any atom is 0.256 e. The van der Waals surface area contributed by atoms with Gasteiger partial charge < -0.3 is 14.4 Å². The van der Waals surface area contributed by atoms with Crippen LogP contribution in [0.4, 0.5) is 0 Å². The fourth-order valence-electron chi connectivity index (χ4n) is 4.12. The minimum absolute atomic E-state index is 0.135. The molecule has 1 aliphatic rings. The SMILES string of the molecule is COc1cccc(CO[C@@H](CN2CCN(C(=O)c3c(Cl)cccc3Cl)CC2)c2ccc(Cl)cc2)c1. The molecule has 35 heavy (non-hydrogen) atoms. The third-order valence-electron chi connectivity index (χ3n) is 6.09. The van der Waals surface area contributed by atoms with Gasteiger partial charge in [-0.25, -0.2) is 0 Å². The molecule has 8 heteroatoms. The van der Waals surface area contributed by atoms with E-state index in [-0.39, 0.29) is 12.0 Å². The summed E-state index contributed by atoms with van der Waals surface area (Å²) in [4.78, 5) is 17.1. The Morgan fingerprint density at radius 3 is 2.23 bits per heavy atom. The second-order valence-corrected chi connectivity index (χ2v) is 9.64. The zero-order chi connectivity index (χ0) is 24.8.